The molecule has 18 heteroatoms. The summed E-state index contributed by atoms with van der Waals surface area (Å²) in [6.45, 7) is 8.12. The third-order valence-corrected chi connectivity index (χ3v) is 15.3. The number of fused-ring (bicyclic) bond motifs is 2. The second-order valence-corrected chi connectivity index (χ2v) is 22.4. The Bertz CT molecular complexity index is 3490. The molecule has 1 unspecified atom stereocenters. The molecule has 0 spiro atoms. The average Bonchev–Trinajstić information content (AvgIpc) is 4.08. The fourth-order valence-electron chi connectivity index (χ4n) is 9.37. The lowest BCUT2D eigenvalue weighted by Crippen LogP contribution is -2.71. The standard InChI is InChI=1S/C61H55N7O9S2/c1-59(2,3)76-57(74)60(4,5)77-66-49(46-37-79-58(63-46)65-61(43-25-15-8-16-26-43,44-27-17-9-18-28-44)45-29-19-10-20-30-45)53(71)64-50-54(72)68-51(56(73)75-52(38-21-11-6-12-22-38)39-23-13-7-14-24-39)42(36-78-55(50)68)35-67-34-41-32-48(70)47(69)31-40(41)33-62-67/h6-34,37,50,52,55,70H,35-36H2,1-5H3,(H,63,65)(H,64,71)/t50?,55-/m0/s1. The van der Waals surface area contributed by atoms with E-state index in [1.54, 1.807) is 37.0 Å². The second-order valence-electron chi connectivity index (χ2n) is 20.4. The Hall–Kier alpha value is -8.87. The first kappa shape index (κ1) is 53.5. The average molecular weight is 1090 g/mol. The number of hydrogen-bond acceptors (Lipinski definition) is 15. The number of anilines is 1. The fraction of sp³-hybridized carbons (Fsp3) is 0.213. The van der Waals surface area contributed by atoms with Crippen LogP contribution in [0.3, 0.4) is 0 Å². The lowest BCUT2D eigenvalue weighted by Gasteiger charge is -2.49. The maximum Gasteiger partial charge on any atom is 0.356 e. The van der Waals surface area contributed by atoms with Crippen LogP contribution in [0.15, 0.2) is 203 Å². The number of thioether (sulfide) groups is 1. The zero-order valence-corrected chi connectivity index (χ0v) is 45.4. The normalized spacial score (nSPS) is 15.7. The van der Waals surface area contributed by atoms with Crippen LogP contribution in [-0.4, -0.2) is 82.6 Å². The molecule has 2 amide bonds. The lowest BCUT2D eigenvalue weighted by atomic mass is 9.77. The third kappa shape index (κ3) is 11.3. The first-order valence-corrected chi connectivity index (χ1v) is 27.3. The summed E-state index contributed by atoms with van der Waals surface area (Å²) in [5, 5.41) is 26.9. The van der Waals surface area contributed by atoms with Crippen LogP contribution in [0.2, 0.25) is 0 Å². The number of β-lactam (4-membered cyclic amide) rings is 1. The van der Waals surface area contributed by atoms with Gasteiger partial charge >= 0.3 is 11.9 Å². The molecule has 1 aliphatic carbocycles. The number of aromatic hydroxyl groups is 1. The number of carbonyl (C=O) groups is 4. The van der Waals surface area contributed by atoms with Gasteiger partial charge in [0, 0.05) is 28.5 Å². The smallest absolute Gasteiger partial charge is 0.356 e. The molecule has 4 heterocycles. The van der Waals surface area contributed by atoms with E-state index < -0.39 is 69.2 Å². The predicted molar refractivity (Wildman–Crippen MR) is 302 cm³/mol. The van der Waals surface area contributed by atoms with Crippen LogP contribution >= 0.6 is 23.1 Å². The molecule has 1 aromatic heterocycles. The maximum atomic E-state index is 14.9. The Kier molecular flexibility index (Phi) is 15.1. The summed E-state index contributed by atoms with van der Waals surface area (Å²) in [7, 11) is 0. The summed E-state index contributed by atoms with van der Waals surface area (Å²) in [6, 6.07) is 49.7. The van der Waals surface area contributed by atoms with E-state index in [2.05, 4.69) is 20.9 Å². The van der Waals surface area contributed by atoms with Gasteiger partial charge in [0.25, 0.3) is 11.8 Å². The number of nitrogens with zero attached hydrogens (tertiary/aromatic N) is 5. The molecule has 3 aliphatic heterocycles. The topological polar surface area (TPSA) is 204 Å². The Morgan fingerprint density at radius 3 is 1.89 bits per heavy atom. The summed E-state index contributed by atoms with van der Waals surface area (Å²) in [4.78, 5) is 82.6. The molecular weight excluding hydrogens is 1040 g/mol. The quantitative estimate of drug-likeness (QED) is 0.0256. The van der Waals surface area contributed by atoms with Gasteiger partial charge in [-0.25, -0.2) is 14.6 Å². The molecule has 0 saturated carbocycles. The van der Waals surface area contributed by atoms with E-state index in [0.29, 0.717) is 33.0 Å². The van der Waals surface area contributed by atoms with Crippen molar-refractivity contribution in [1.82, 2.24) is 25.0 Å². The number of oxime groups is 1. The predicted octanol–water partition coefficient (Wildman–Crippen LogP) is 9.44. The summed E-state index contributed by atoms with van der Waals surface area (Å²) in [5.41, 5.74) is 1.30. The van der Waals surface area contributed by atoms with E-state index in [4.69, 9.17) is 19.3 Å². The first-order valence-electron chi connectivity index (χ1n) is 25.4. The van der Waals surface area contributed by atoms with Crippen LogP contribution < -0.4 is 16.1 Å². The first-order chi connectivity index (χ1) is 38.0. The molecule has 0 radical (unpaired) electrons. The van der Waals surface area contributed by atoms with Crippen LogP contribution in [-0.2, 0) is 45.6 Å². The number of aromatic nitrogens is 3. The Morgan fingerprint density at radius 1 is 0.772 bits per heavy atom. The molecule has 2 atom stereocenters. The minimum absolute atomic E-state index is 0.0179. The van der Waals surface area contributed by atoms with Crippen LogP contribution in [0.1, 0.15) is 74.2 Å². The van der Waals surface area contributed by atoms with Gasteiger partial charge in [0.05, 0.1) is 12.7 Å². The highest BCUT2D eigenvalue weighted by Crippen LogP contribution is 2.44. The van der Waals surface area contributed by atoms with E-state index in [1.807, 2.05) is 152 Å². The molecule has 6 aromatic rings. The number of rotatable bonds is 17. The molecule has 3 N–H and O–H groups in total. The number of phenols is 1. The van der Waals surface area contributed by atoms with Gasteiger partial charge in [-0.15, -0.1) is 23.1 Å². The van der Waals surface area contributed by atoms with E-state index in [0.717, 1.165) is 16.7 Å². The highest BCUT2D eigenvalue weighted by molar-refractivity contribution is 8.00. The molecule has 1 fully saturated rings. The van der Waals surface area contributed by atoms with Crippen LogP contribution in [0, 0.1) is 0 Å². The van der Waals surface area contributed by atoms with Gasteiger partial charge in [-0.05, 0) is 80.1 Å². The van der Waals surface area contributed by atoms with E-state index in [9.17, 15) is 29.1 Å². The van der Waals surface area contributed by atoms with Crippen molar-refractivity contribution in [1.29, 1.82) is 0 Å². The number of amides is 2. The molecule has 16 nitrogen and oxygen atoms in total. The van der Waals surface area contributed by atoms with Gasteiger partial charge in [-0.3, -0.25) is 24.0 Å². The van der Waals surface area contributed by atoms with Gasteiger partial charge in [-0.1, -0.05) is 157 Å². The minimum Gasteiger partial charge on any atom is -0.504 e. The molecule has 1 saturated heterocycles. The van der Waals surface area contributed by atoms with Crippen molar-refractivity contribution in [2.24, 2.45) is 5.16 Å². The highest BCUT2D eigenvalue weighted by Gasteiger charge is 2.55. The number of thiazole rings is 1. The SMILES string of the molecule is CC(C)(C)OC(=O)C(C)(C)ON=C(C(=O)NC1C(=O)N2C(C(=O)OC(c3ccccc3)c3ccccc3)=C(Cn3cc4cc(O)c(=O)cc-4cn3)CS[C@@H]12)c1csc(NC(c2ccccc2)(c2ccccc2)c2ccccc2)n1. The van der Waals surface area contributed by atoms with Crippen molar-refractivity contribution < 1.29 is 38.6 Å². The molecule has 4 aliphatic rings. The number of ether oxygens (including phenoxy) is 2. The number of hydrogen-bond donors (Lipinski definition) is 3. The lowest BCUT2D eigenvalue weighted by molar-refractivity contribution is -0.179. The zero-order valence-electron chi connectivity index (χ0n) is 43.7. The van der Waals surface area contributed by atoms with Crippen LogP contribution in [0.25, 0.3) is 11.1 Å². The fourth-order valence-corrected chi connectivity index (χ4v) is 11.5. The Morgan fingerprint density at radius 2 is 1.33 bits per heavy atom. The van der Waals surface area contributed by atoms with Gasteiger partial charge in [0.1, 0.15) is 33.9 Å². The van der Waals surface area contributed by atoms with Crippen molar-refractivity contribution >= 4 is 57.7 Å². The van der Waals surface area contributed by atoms with Gasteiger partial charge in [0.2, 0.25) is 11.0 Å². The van der Waals surface area contributed by atoms with E-state index in [1.165, 1.54) is 60.2 Å². The van der Waals surface area contributed by atoms with Crippen molar-refractivity contribution in [3.8, 4) is 16.9 Å². The highest BCUT2D eigenvalue weighted by atomic mass is 32.2. The van der Waals surface area contributed by atoms with Crippen molar-refractivity contribution in [3.05, 3.63) is 237 Å². The van der Waals surface area contributed by atoms with Gasteiger partial charge in [0.15, 0.2) is 22.7 Å². The van der Waals surface area contributed by atoms with Crippen molar-refractivity contribution in [2.75, 3.05) is 11.1 Å². The third-order valence-electron chi connectivity index (χ3n) is 13.2. The largest absolute Gasteiger partial charge is 0.504 e. The number of phenolic OH excluding ortho intramolecular Hbond substituents is 1. The summed E-state index contributed by atoms with van der Waals surface area (Å²) < 4.78 is 13.6. The van der Waals surface area contributed by atoms with Crippen LogP contribution in [0.5, 0.6) is 5.75 Å². The van der Waals surface area contributed by atoms with E-state index in [-0.39, 0.29) is 29.4 Å². The monoisotopic (exact) mass is 1090 g/mol. The number of esters is 2. The van der Waals surface area contributed by atoms with Crippen molar-refractivity contribution in [3.63, 3.8) is 0 Å². The molecule has 79 heavy (non-hydrogen) atoms. The number of nitrogens with one attached hydrogen (secondary N) is 2. The second kappa shape index (κ2) is 22.2. The molecule has 0 bridgehead atoms. The Balaban J connectivity index is 0.994. The zero-order chi connectivity index (χ0) is 55.5. The number of carbonyl (C=O) groups excluding carboxylic acids is 4. The Labute approximate surface area is 464 Å². The molecule has 5 aromatic carbocycles. The molecule has 400 valence electrons. The summed E-state index contributed by atoms with van der Waals surface area (Å²) >= 11 is 2.54. The minimum atomic E-state index is -1.69. The number of benzene rings is 6. The molecular formula is C61H55N7O9S2. The van der Waals surface area contributed by atoms with Crippen LogP contribution in [0.4, 0.5) is 5.13 Å². The maximum absolute atomic E-state index is 14.9. The molecule has 10 rings (SSSR count). The summed E-state index contributed by atoms with van der Waals surface area (Å²) in [6.07, 6.45) is 2.26. The van der Waals surface area contributed by atoms with Gasteiger partial charge < -0.3 is 30.1 Å². The summed E-state index contributed by atoms with van der Waals surface area (Å²) in [5.74, 6) is -3.20. The van der Waals surface area contributed by atoms with E-state index >= 15 is 0 Å². The van der Waals surface area contributed by atoms with Crippen molar-refractivity contribution in [2.45, 2.75) is 75.4 Å². The van der Waals surface area contributed by atoms with Gasteiger partial charge in [-0.2, -0.15) is 5.10 Å².